The van der Waals surface area contributed by atoms with Crippen LogP contribution in [-0.2, 0) is 20.1 Å². The summed E-state index contributed by atoms with van der Waals surface area (Å²) >= 11 is 0. The second kappa shape index (κ2) is 4.84. The number of aryl methyl sites for hydroxylation is 1. The number of hydrogen-bond acceptors (Lipinski definition) is 5. The van der Waals surface area contributed by atoms with Crippen molar-refractivity contribution >= 4 is 0 Å². The molecule has 1 heterocycles. The van der Waals surface area contributed by atoms with Gasteiger partial charge < -0.3 is 20.1 Å². The number of benzene rings is 1. The Morgan fingerprint density at radius 1 is 1.29 bits per heavy atom. The molecular weight excluding hydrogens is 220 g/mol. The van der Waals surface area contributed by atoms with Gasteiger partial charge in [0.15, 0.2) is 11.5 Å². The van der Waals surface area contributed by atoms with Gasteiger partial charge in [-0.3, -0.25) is 0 Å². The van der Waals surface area contributed by atoms with Crippen LogP contribution in [0.15, 0.2) is 24.5 Å². The Kier molecular flexibility index (Phi) is 3.24. The smallest absolute Gasteiger partial charge is 0.161 e. The molecule has 6 heteroatoms. The lowest BCUT2D eigenvalue weighted by atomic mass is 10.2. The average Bonchev–Trinajstić information content (AvgIpc) is 2.71. The molecule has 0 aliphatic carbocycles. The normalized spacial score (nSPS) is 10.6. The third kappa shape index (κ3) is 2.54. The van der Waals surface area contributed by atoms with Crippen LogP contribution in [-0.4, -0.2) is 25.0 Å². The second-order valence-corrected chi connectivity index (χ2v) is 3.75. The molecule has 0 radical (unpaired) electrons. The van der Waals surface area contributed by atoms with Gasteiger partial charge in [-0.05, 0) is 6.07 Å². The summed E-state index contributed by atoms with van der Waals surface area (Å²) in [4.78, 5) is 0. The highest BCUT2D eigenvalue weighted by Crippen LogP contribution is 2.27. The van der Waals surface area contributed by atoms with Crippen molar-refractivity contribution in [2.24, 2.45) is 7.05 Å². The maximum atomic E-state index is 9.59. The highest BCUT2D eigenvalue weighted by molar-refractivity contribution is 5.44. The van der Waals surface area contributed by atoms with Crippen LogP contribution in [0.2, 0.25) is 0 Å². The molecule has 0 amide bonds. The number of nitrogens with zero attached hydrogens (tertiary/aromatic N) is 3. The van der Waals surface area contributed by atoms with E-state index in [1.165, 1.54) is 6.07 Å². The zero-order chi connectivity index (χ0) is 12.3. The third-order valence-corrected chi connectivity index (χ3v) is 2.50. The van der Waals surface area contributed by atoms with Crippen molar-refractivity contribution in [2.45, 2.75) is 13.1 Å². The van der Waals surface area contributed by atoms with E-state index >= 15 is 0 Å². The number of hydrogen-bond donors (Lipinski definition) is 3. The van der Waals surface area contributed by atoms with E-state index in [2.05, 4.69) is 15.5 Å². The summed E-state index contributed by atoms with van der Waals surface area (Å²) < 4.78 is 1.81. The van der Waals surface area contributed by atoms with E-state index < -0.39 is 0 Å². The van der Waals surface area contributed by atoms with Gasteiger partial charge in [-0.1, -0.05) is 12.1 Å². The SMILES string of the molecule is Cn1cnnc1CNCc1cccc(O)c1O. The lowest BCUT2D eigenvalue weighted by Gasteiger charge is -2.07. The first kappa shape index (κ1) is 11.4. The molecule has 3 N–H and O–H groups in total. The molecule has 6 nitrogen and oxygen atoms in total. The molecule has 0 aliphatic heterocycles. The molecule has 90 valence electrons. The minimum atomic E-state index is -0.108. The van der Waals surface area contributed by atoms with E-state index in [4.69, 9.17) is 0 Å². The molecule has 0 unspecified atom stereocenters. The molecule has 0 aliphatic rings. The number of phenolic OH excluding ortho intramolecular Hbond substituents is 2. The van der Waals surface area contributed by atoms with Crippen molar-refractivity contribution in [3.63, 3.8) is 0 Å². The fraction of sp³-hybridized carbons (Fsp3) is 0.273. The van der Waals surface area contributed by atoms with Crippen molar-refractivity contribution in [2.75, 3.05) is 0 Å². The van der Waals surface area contributed by atoms with Crippen molar-refractivity contribution in [3.05, 3.63) is 35.9 Å². The van der Waals surface area contributed by atoms with Crippen molar-refractivity contribution in [3.8, 4) is 11.5 Å². The predicted octanol–water partition coefficient (Wildman–Crippen LogP) is 0.516. The first-order valence-electron chi connectivity index (χ1n) is 5.22. The first-order chi connectivity index (χ1) is 8.18. The first-order valence-corrected chi connectivity index (χ1v) is 5.22. The van der Waals surface area contributed by atoms with E-state index in [1.54, 1.807) is 18.5 Å². The molecule has 0 fully saturated rings. The van der Waals surface area contributed by atoms with Gasteiger partial charge in [0.25, 0.3) is 0 Å². The monoisotopic (exact) mass is 234 g/mol. The molecule has 0 saturated heterocycles. The van der Waals surface area contributed by atoms with Crippen LogP contribution in [0.25, 0.3) is 0 Å². The molecule has 1 aromatic heterocycles. The number of aromatic hydroxyl groups is 2. The maximum Gasteiger partial charge on any atom is 0.161 e. The largest absolute Gasteiger partial charge is 0.504 e. The van der Waals surface area contributed by atoms with Gasteiger partial charge in [0, 0.05) is 19.2 Å². The van der Waals surface area contributed by atoms with E-state index in [-0.39, 0.29) is 11.5 Å². The zero-order valence-electron chi connectivity index (χ0n) is 9.46. The minimum absolute atomic E-state index is 0.0852. The Balaban J connectivity index is 1.95. The van der Waals surface area contributed by atoms with Crippen LogP contribution in [0.1, 0.15) is 11.4 Å². The van der Waals surface area contributed by atoms with Crippen LogP contribution in [0, 0.1) is 0 Å². The zero-order valence-corrected chi connectivity index (χ0v) is 9.46. The van der Waals surface area contributed by atoms with E-state index in [0.717, 1.165) is 5.82 Å². The Morgan fingerprint density at radius 3 is 2.82 bits per heavy atom. The fourth-order valence-electron chi connectivity index (χ4n) is 1.50. The molecule has 1 aromatic carbocycles. The minimum Gasteiger partial charge on any atom is -0.504 e. The Hall–Kier alpha value is -2.08. The van der Waals surface area contributed by atoms with Crippen molar-refractivity contribution < 1.29 is 10.2 Å². The number of nitrogens with one attached hydrogen (secondary N) is 1. The molecule has 17 heavy (non-hydrogen) atoms. The summed E-state index contributed by atoms with van der Waals surface area (Å²) in [6.45, 7) is 0.999. The third-order valence-electron chi connectivity index (χ3n) is 2.50. The summed E-state index contributed by atoms with van der Waals surface area (Å²) in [5, 5.41) is 29.7. The molecule has 0 bridgehead atoms. The topological polar surface area (TPSA) is 83.2 Å². The van der Waals surface area contributed by atoms with E-state index in [0.29, 0.717) is 18.7 Å². The van der Waals surface area contributed by atoms with Gasteiger partial charge in [-0.25, -0.2) is 0 Å². The van der Waals surface area contributed by atoms with Crippen LogP contribution in [0.4, 0.5) is 0 Å². The molecule has 0 saturated carbocycles. The summed E-state index contributed by atoms with van der Waals surface area (Å²) in [5.74, 6) is 0.616. The molecule has 2 aromatic rings. The van der Waals surface area contributed by atoms with Crippen LogP contribution < -0.4 is 5.32 Å². The second-order valence-electron chi connectivity index (χ2n) is 3.75. The summed E-state index contributed by atoms with van der Waals surface area (Å²) in [5.41, 5.74) is 0.646. The Labute approximate surface area is 98.5 Å². The highest BCUT2D eigenvalue weighted by atomic mass is 16.3. The van der Waals surface area contributed by atoms with Gasteiger partial charge in [0.1, 0.15) is 12.2 Å². The van der Waals surface area contributed by atoms with Gasteiger partial charge in [0.05, 0.1) is 6.54 Å². The molecule has 2 rings (SSSR count). The van der Waals surface area contributed by atoms with Gasteiger partial charge in [-0.15, -0.1) is 10.2 Å². The quantitative estimate of drug-likeness (QED) is 0.672. The molecular formula is C11H14N4O2. The molecule has 0 spiro atoms. The Morgan fingerprint density at radius 2 is 2.12 bits per heavy atom. The molecule has 0 atom stereocenters. The summed E-state index contributed by atoms with van der Waals surface area (Å²) in [6.07, 6.45) is 1.63. The van der Waals surface area contributed by atoms with E-state index in [9.17, 15) is 10.2 Å². The van der Waals surface area contributed by atoms with Gasteiger partial charge >= 0.3 is 0 Å². The number of para-hydroxylation sites is 1. The standard InChI is InChI=1S/C11H14N4O2/c1-15-7-13-14-10(15)6-12-5-8-3-2-4-9(16)11(8)17/h2-4,7,12,16-17H,5-6H2,1H3. The number of phenols is 2. The van der Waals surface area contributed by atoms with Crippen LogP contribution in [0.3, 0.4) is 0 Å². The number of rotatable bonds is 4. The predicted molar refractivity (Wildman–Crippen MR) is 61.3 cm³/mol. The number of aromatic nitrogens is 3. The van der Waals surface area contributed by atoms with Crippen LogP contribution in [0.5, 0.6) is 11.5 Å². The lowest BCUT2D eigenvalue weighted by molar-refractivity contribution is 0.397. The summed E-state index contributed by atoms with van der Waals surface area (Å²) in [7, 11) is 1.86. The fourth-order valence-corrected chi connectivity index (χ4v) is 1.50. The highest BCUT2D eigenvalue weighted by Gasteiger charge is 2.06. The lowest BCUT2D eigenvalue weighted by Crippen LogP contribution is -2.15. The maximum absolute atomic E-state index is 9.59. The Bertz CT molecular complexity index is 510. The van der Waals surface area contributed by atoms with Gasteiger partial charge in [0.2, 0.25) is 0 Å². The van der Waals surface area contributed by atoms with Gasteiger partial charge in [-0.2, -0.15) is 0 Å². The van der Waals surface area contributed by atoms with Crippen molar-refractivity contribution in [1.29, 1.82) is 0 Å². The van der Waals surface area contributed by atoms with Crippen molar-refractivity contribution in [1.82, 2.24) is 20.1 Å². The summed E-state index contributed by atoms with van der Waals surface area (Å²) in [6, 6.07) is 4.88. The van der Waals surface area contributed by atoms with E-state index in [1.807, 2.05) is 11.6 Å². The van der Waals surface area contributed by atoms with Crippen LogP contribution >= 0.6 is 0 Å². The average molecular weight is 234 g/mol.